The highest BCUT2D eigenvalue weighted by molar-refractivity contribution is 5.24. The quantitative estimate of drug-likeness (QED) is 0.938. The molecule has 3 heterocycles. The predicted molar refractivity (Wildman–Crippen MR) is 80.0 cm³/mol. The van der Waals surface area contributed by atoms with Gasteiger partial charge in [-0.3, -0.25) is 5.10 Å². The maximum absolute atomic E-state index is 4.44. The average molecular weight is 285 g/mol. The molecule has 0 spiro atoms. The van der Waals surface area contributed by atoms with E-state index < -0.39 is 0 Å². The molecule has 2 aromatic rings. The molecule has 1 aliphatic carbocycles. The van der Waals surface area contributed by atoms with E-state index in [1.54, 1.807) is 0 Å². The second-order valence-electron chi connectivity index (χ2n) is 7.14. The van der Waals surface area contributed by atoms with Crippen molar-refractivity contribution in [2.45, 2.75) is 59.4 Å². The van der Waals surface area contributed by atoms with Crippen LogP contribution in [0, 0.1) is 25.2 Å². The molecule has 1 aliphatic heterocycles. The van der Waals surface area contributed by atoms with Crippen LogP contribution >= 0.6 is 0 Å². The van der Waals surface area contributed by atoms with Gasteiger partial charge in [0.05, 0.1) is 5.69 Å². The summed E-state index contributed by atoms with van der Waals surface area (Å²) in [6.45, 7) is 7.69. The molecule has 5 heteroatoms. The normalized spacial score (nSPS) is 24.5. The van der Waals surface area contributed by atoms with Crippen LogP contribution in [0.5, 0.6) is 0 Å². The van der Waals surface area contributed by atoms with Crippen molar-refractivity contribution in [1.29, 1.82) is 0 Å². The minimum absolute atomic E-state index is 0.432. The Kier molecular flexibility index (Phi) is 2.75. The van der Waals surface area contributed by atoms with E-state index in [2.05, 4.69) is 45.7 Å². The Bertz CT molecular complexity index is 659. The van der Waals surface area contributed by atoms with Crippen molar-refractivity contribution >= 4 is 0 Å². The van der Waals surface area contributed by atoms with Crippen molar-refractivity contribution in [2.75, 3.05) is 0 Å². The van der Waals surface area contributed by atoms with Gasteiger partial charge in [-0.25, -0.2) is 0 Å². The number of nitrogens with one attached hydrogen (secondary N) is 1. The zero-order valence-electron chi connectivity index (χ0n) is 13.1. The van der Waals surface area contributed by atoms with Crippen LogP contribution in [0.2, 0.25) is 0 Å². The SMILES string of the molecule is Cc1n[nH]c(C)c1CCc1nnc2n1CC(C)(C1CC1)C2. The molecule has 1 N–H and O–H groups in total. The van der Waals surface area contributed by atoms with Gasteiger partial charge in [0.15, 0.2) is 0 Å². The first kappa shape index (κ1) is 13.0. The summed E-state index contributed by atoms with van der Waals surface area (Å²) in [6, 6.07) is 0. The van der Waals surface area contributed by atoms with E-state index >= 15 is 0 Å². The van der Waals surface area contributed by atoms with Gasteiger partial charge in [0.25, 0.3) is 0 Å². The van der Waals surface area contributed by atoms with Crippen LogP contribution in [0.3, 0.4) is 0 Å². The van der Waals surface area contributed by atoms with Crippen LogP contribution in [0.15, 0.2) is 0 Å². The van der Waals surface area contributed by atoms with Crippen LogP contribution in [0.25, 0.3) is 0 Å². The molecule has 21 heavy (non-hydrogen) atoms. The van der Waals surface area contributed by atoms with E-state index in [0.717, 1.165) is 43.2 Å². The van der Waals surface area contributed by atoms with Gasteiger partial charge in [-0.05, 0) is 50.0 Å². The number of fused-ring (bicyclic) bond motifs is 1. The van der Waals surface area contributed by atoms with Crippen molar-refractivity contribution in [2.24, 2.45) is 11.3 Å². The highest BCUT2D eigenvalue weighted by atomic mass is 15.3. The summed E-state index contributed by atoms with van der Waals surface area (Å²) in [5.41, 5.74) is 4.05. The second-order valence-corrected chi connectivity index (χ2v) is 7.14. The number of nitrogens with zero attached hydrogens (tertiary/aromatic N) is 4. The Morgan fingerprint density at radius 2 is 2.05 bits per heavy atom. The molecule has 1 fully saturated rings. The summed E-state index contributed by atoms with van der Waals surface area (Å²) in [4.78, 5) is 0. The van der Waals surface area contributed by atoms with Crippen LogP contribution in [-0.2, 0) is 25.8 Å². The van der Waals surface area contributed by atoms with Crippen LogP contribution in [0.4, 0.5) is 0 Å². The largest absolute Gasteiger partial charge is 0.314 e. The first-order chi connectivity index (χ1) is 10.1. The molecule has 0 saturated heterocycles. The maximum atomic E-state index is 4.44. The molecular weight excluding hydrogens is 262 g/mol. The van der Waals surface area contributed by atoms with Crippen LogP contribution < -0.4 is 0 Å². The van der Waals surface area contributed by atoms with Gasteiger partial charge >= 0.3 is 0 Å². The van der Waals surface area contributed by atoms with E-state index in [1.165, 1.54) is 29.9 Å². The number of aromatic amines is 1. The van der Waals surface area contributed by atoms with Crippen molar-refractivity contribution in [3.05, 3.63) is 28.6 Å². The van der Waals surface area contributed by atoms with Crippen molar-refractivity contribution in [1.82, 2.24) is 25.0 Å². The highest BCUT2D eigenvalue weighted by Crippen LogP contribution is 2.50. The third kappa shape index (κ3) is 2.10. The first-order valence-corrected chi connectivity index (χ1v) is 7.98. The molecule has 0 radical (unpaired) electrons. The minimum Gasteiger partial charge on any atom is -0.314 e. The van der Waals surface area contributed by atoms with Crippen molar-refractivity contribution in [3.8, 4) is 0 Å². The standard InChI is InChI=1S/C16H23N5/c1-10-13(11(2)18-17-10)6-7-14-19-20-15-8-16(3,9-21(14)15)12-4-5-12/h12H,4-9H2,1-3H3,(H,17,18). The number of aromatic nitrogens is 5. The summed E-state index contributed by atoms with van der Waals surface area (Å²) < 4.78 is 2.38. The lowest BCUT2D eigenvalue weighted by atomic mass is 9.83. The second kappa shape index (κ2) is 4.42. The predicted octanol–water partition coefficient (Wildman–Crippen LogP) is 2.38. The summed E-state index contributed by atoms with van der Waals surface area (Å²) in [5.74, 6) is 3.25. The Morgan fingerprint density at radius 3 is 2.71 bits per heavy atom. The number of rotatable bonds is 4. The lowest BCUT2D eigenvalue weighted by molar-refractivity contribution is 0.263. The Balaban J connectivity index is 1.51. The van der Waals surface area contributed by atoms with E-state index in [9.17, 15) is 0 Å². The molecule has 0 bridgehead atoms. The molecule has 1 atom stereocenters. The molecule has 2 aromatic heterocycles. The summed E-state index contributed by atoms with van der Waals surface area (Å²) in [7, 11) is 0. The summed E-state index contributed by atoms with van der Waals surface area (Å²) in [5, 5.41) is 16.2. The molecular formula is C16H23N5. The lowest BCUT2D eigenvalue weighted by Crippen LogP contribution is -2.21. The Hall–Kier alpha value is -1.65. The number of aryl methyl sites for hydroxylation is 3. The van der Waals surface area contributed by atoms with Gasteiger partial charge in [-0.2, -0.15) is 5.10 Å². The fraction of sp³-hybridized carbons (Fsp3) is 0.688. The van der Waals surface area contributed by atoms with E-state index in [-0.39, 0.29) is 0 Å². The molecule has 2 aliphatic rings. The smallest absolute Gasteiger partial charge is 0.133 e. The molecule has 112 valence electrons. The molecule has 0 aromatic carbocycles. The minimum atomic E-state index is 0.432. The fourth-order valence-electron chi connectivity index (χ4n) is 3.88. The first-order valence-electron chi connectivity index (χ1n) is 7.98. The molecule has 4 rings (SSSR count). The van der Waals surface area contributed by atoms with Gasteiger partial charge in [0, 0.05) is 25.1 Å². The zero-order valence-corrected chi connectivity index (χ0v) is 13.1. The van der Waals surface area contributed by atoms with E-state index in [4.69, 9.17) is 0 Å². The number of H-pyrrole nitrogens is 1. The van der Waals surface area contributed by atoms with Gasteiger partial charge < -0.3 is 4.57 Å². The van der Waals surface area contributed by atoms with Gasteiger partial charge in [-0.1, -0.05) is 6.92 Å². The van der Waals surface area contributed by atoms with Gasteiger partial charge in [-0.15, -0.1) is 10.2 Å². The van der Waals surface area contributed by atoms with Gasteiger partial charge in [0.1, 0.15) is 11.6 Å². The van der Waals surface area contributed by atoms with Crippen LogP contribution in [0.1, 0.15) is 48.4 Å². The van der Waals surface area contributed by atoms with Crippen LogP contribution in [-0.4, -0.2) is 25.0 Å². The summed E-state index contributed by atoms with van der Waals surface area (Å²) >= 11 is 0. The zero-order chi connectivity index (χ0) is 14.6. The molecule has 5 nitrogen and oxygen atoms in total. The van der Waals surface area contributed by atoms with E-state index in [1.807, 2.05) is 0 Å². The van der Waals surface area contributed by atoms with Crippen molar-refractivity contribution in [3.63, 3.8) is 0 Å². The highest BCUT2D eigenvalue weighted by Gasteiger charge is 2.46. The Morgan fingerprint density at radius 1 is 1.24 bits per heavy atom. The summed E-state index contributed by atoms with van der Waals surface area (Å²) in [6.07, 6.45) is 5.85. The molecule has 1 unspecified atom stereocenters. The topological polar surface area (TPSA) is 59.4 Å². The third-order valence-corrected chi connectivity index (χ3v) is 5.43. The molecule has 0 amide bonds. The number of hydrogen-bond acceptors (Lipinski definition) is 3. The molecule has 1 saturated carbocycles. The lowest BCUT2D eigenvalue weighted by Gasteiger charge is -2.22. The van der Waals surface area contributed by atoms with Gasteiger partial charge in [0.2, 0.25) is 0 Å². The monoisotopic (exact) mass is 285 g/mol. The fourth-order valence-corrected chi connectivity index (χ4v) is 3.88. The van der Waals surface area contributed by atoms with Crippen molar-refractivity contribution < 1.29 is 0 Å². The average Bonchev–Trinajstić information content (AvgIpc) is 3.09. The number of hydrogen-bond donors (Lipinski definition) is 1. The Labute approximate surface area is 125 Å². The van der Waals surface area contributed by atoms with E-state index in [0.29, 0.717) is 5.41 Å². The maximum Gasteiger partial charge on any atom is 0.133 e. The third-order valence-electron chi connectivity index (χ3n) is 5.43.